The van der Waals surface area contributed by atoms with Crippen LogP contribution in [0.1, 0.15) is 16.7 Å². The highest BCUT2D eigenvalue weighted by molar-refractivity contribution is 5.83. The molecule has 0 bridgehead atoms. The Morgan fingerprint density at radius 3 is 1.95 bits per heavy atom. The molecule has 0 saturated heterocycles. The molecule has 0 radical (unpaired) electrons. The van der Waals surface area contributed by atoms with Gasteiger partial charge in [-0.2, -0.15) is 13.2 Å². The molecule has 0 N–H and O–H groups in total. The molecule has 0 saturated carbocycles. The summed E-state index contributed by atoms with van der Waals surface area (Å²) in [4.78, 5) is 0. The van der Waals surface area contributed by atoms with Gasteiger partial charge in [-0.25, -0.2) is 0 Å². The Bertz CT molecular complexity index is 755. The predicted molar refractivity (Wildman–Crippen MR) is 78.2 cm³/mol. The second-order valence-electron chi connectivity index (χ2n) is 5.05. The van der Waals surface area contributed by atoms with Crippen molar-refractivity contribution >= 4 is 10.8 Å². The van der Waals surface area contributed by atoms with Crippen molar-refractivity contribution in [3.05, 3.63) is 83.4 Å². The van der Waals surface area contributed by atoms with Gasteiger partial charge >= 0.3 is 6.18 Å². The van der Waals surface area contributed by atoms with Crippen molar-refractivity contribution in [2.75, 3.05) is 0 Å². The Kier molecular flexibility index (Phi) is 3.42. The Balaban J connectivity index is 1.84. The van der Waals surface area contributed by atoms with E-state index in [0.29, 0.717) is 6.42 Å². The molecule has 0 aliphatic heterocycles. The van der Waals surface area contributed by atoms with Gasteiger partial charge in [-0.15, -0.1) is 0 Å². The summed E-state index contributed by atoms with van der Waals surface area (Å²) in [7, 11) is 0. The number of fused-ring (bicyclic) bond motifs is 1. The van der Waals surface area contributed by atoms with Crippen LogP contribution >= 0.6 is 0 Å². The van der Waals surface area contributed by atoms with Crippen LogP contribution in [-0.2, 0) is 12.6 Å². The lowest BCUT2D eigenvalue weighted by atomic mass is 10.0. The molecule has 0 heterocycles. The number of alkyl halides is 3. The number of hydrogen-bond acceptors (Lipinski definition) is 0. The highest BCUT2D eigenvalue weighted by Crippen LogP contribution is 2.29. The number of hydrogen-bond donors (Lipinski definition) is 0. The zero-order valence-corrected chi connectivity index (χ0v) is 11.2. The van der Waals surface area contributed by atoms with Crippen molar-refractivity contribution in [2.45, 2.75) is 12.6 Å². The quantitative estimate of drug-likeness (QED) is 0.587. The van der Waals surface area contributed by atoms with E-state index in [0.717, 1.165) is 34.0 Å². The molecule has 0 atom stereocenters. The van der Waals surface area contributed by atoms with Crippen LogP contribution in [0.4, 0.5) is 13.2 Å². The molecule has 3 aromatic rings. The summed E-state index contributed by atoms with van der Waals surface area (Å²) in [5, 5.41) is 2.30. The Morgan fingerprint density at radius 1 is 0.667 bits per heavy atom. The smallest absolute Gasteiger partial charge is 0.166 e. The minimum Gasteiger partial charge on any atom is -0.166 e. The average molecular weight is 286 g/mol. The van der Waals surface area contributed by atoms with Crippen molar-refractivity contribution < 1.29 is 13.2 Å². The van der Waals surface area contributed by atoms with Crippen LogP contribution in [0.5, 0.6) is 0 Å². The van der Waals surface area contributed by atoms with E-state index in [9.17, 15) is 13.2 Å². The van der Waals surface area contributed by atoms with E-state index in [4.69, 9.17) is 0 Å². The maximum absolute atomic E-state index is 12.5. The highest BCUT2D eigenvalue weighted by Gasteiger charge is 2.29. The van der Waals surface area contributed by atoms with E-state index in [-0.39, 0.29) is 0 Å². The van der Waals surface area contributed by atoms with Crippen LogP contribution in [-0.4, -0.2) is 0 Å². The molecule has 3 heteroatoms. The SMILES string of the molecule is FC(F)(F)c1ccc(Cc2ccc3ccccc3c2)cc1. The summed E-state index contributed by atoms with van der Waals surface area (Å²) >= 11 is 0. The highest BCUT2D eigenvalue weighted by atomic mass is 19.4. The molecule has 3 aromatic carbocycles. The van der Waals surface area contributed by atoms with Crippen LogP contribution < -0.4 is 0 Å². The van der Waals surface area contributed by atoms with E-state index in [1.807, 2.05) is 36.4 Å². The lowest BCUT2D eigenvalue weighted by Gasteiger charge is -2.08. The van der Waals surface area contributed by atoms with Gasteiger partial charge in [0.1, 0.15) is 0 Å². The van der Waals surface area contributed by atoms with Gasteiger partial charge in [0.2, 0.25) is 0 Å². The van der Waals surface area contributed by atoms with Gasteiger partial charge in [0, 0.05) is 0 Å². The fourth-order valence-electron chi connectivity index (χ4n) is 2.40. The molecular formula is C18H13F3. The molecule has 0 fully saturated rings. The van der Waals surface area contributed by atoms with Crippen LogP contribution in [0.3, 0.4) is 0 Å². The first kappa shape index (κ1) is 13.7. The third kappa shape index (κ3) is 3.07. The van der Waals surface area contributed by atoms with E-state index in [1.165, 1.54) is 12.1 Å². The van der Waals surface area contributed by atoms with E-state index in [2.05, 4.69) is 6.07 Å². The first-order chi connectivity index (χ1) is 10.0. The van der Waals surface area contributed by atoms with Crippen LogP contribution in [0.2, 0.25) is 0 Å². The third-order valence-corrected chi connectivity index (χ3v) is 3.50. The second-order valence-corrected chi connectivity index (χ2v) is 5.05. The van der Waals surface area contributed by atoms with Gasteiger partial charge in [-0.05, 0) is 40.5 Å². The summed E-state index contributed by atoms with van der Waals surface area (Å²) in [5.41, 5.74) is 1.36. The molecule has 0 spiro atoms. The van der Waals surface area contributed by atoms with Gasteiger partial charge in [0.25, 0.3) is 0 Å². The summed E-state index contributed by atoms with van der Waals surface area (Å²) < 4.78 is 37.6. The Hall–Kier alpha value is -2.29. The van der Waals surface area contributed by atoms with Crippen LogP contribution in [0, 0.1) is 0 Å². The Labute approximate surface area is 120 Å². The molecule has 3 rings (SSSR count). The van der Waals surface area contributed by atoms with Crippen molar-refractivity contribution in [1.29, 1.82) is 0 Å². The van der Waals surface area contributed by atoms with Gasteiger partial charge in [-0.1, -0.05) is 54.6 Å². The molecule has 0 aliphatic rings. The first-order valence-electron chi connectivity index (χ1n) is 6.66. The third-order valence-electron chi connectivity index (χ3n) is 3.50. The molecule has 106 valence electrons. The standard InChI is InChI=1S/C18H13F3/c19-18(20,21)17-9-6-13(7-10-17)11-14-5-8-15-3-1-2-4-16(15)12-14/h1-10,12H,11H2. The van der Waals surface area contributed by atoms with Crippen molar-refractivity contribution in [1.82, 2.24) is 0 Å². The van der Waals surface area contributed by atoms with E-state index >= 15 is 0 Å². The van der Waals surface area contributed by atoms with Crippen molar-refractivity contribution in [2.24, 2.45) is 0 Å². The minimum absolute atomic E-state index is 0.607. The normalized spacial score (nSPS) is 11.8. The van der Waals surface area contributed by atoms with Crippen LogP contribution in [0.15, 0.2) is 66.7 Å². The molecule has 21 heavy (non-hydrogen) atoms. The monoisotopic (exact) mass is 286 g/mol. The van der Waals surface area contributed by atoms with Crippen molar-refractivity contribution in [3.8, 4) is 0 Å². The average Bonchev–Trinajstić information content (AvgIpc) is 2.47. The van der Waals surface area contributed by atoms with Crippen LogP contribution in [0.25, 0.3) is 10.8 Å². The Morgan fingerprint density at radius 2 is 1.29 bits per heavy atom. The molecule has 0 aliphatic carbocycles. The zero-order valence-electron chi connectivity index (χ0n) is 11.2. The second kappa shape index (κ2) is 5.24. The number of rotatable bonds is 2. The summed E-state index contributed by atoms with van der Waals surface area (Å²) in [6.07, 6.45) is -3.65. The molecule has 0 nitrogen and oxygen atoms in total. The molecule has 0 aromatic heterocycles. The summed E-state index contributed by atoms with van der Waals surface area (Å²) in [6.45, 7) is 0. The fraction of sp³-hybridized carbons (Fsp3) is 0.111. The van der Waals surface area contributed by atoms with Gasteiger partial charge in [-0.3, -0.25) is 0 Å². The zero-order chi connectivity index (χ0) is 14.9. The predicted octanol–water partition coefficient (Wildman–Crippen LogP) is 5.45. The van der Waals surface area contributed by atoms with Crippen molar-refractivity contribution in [3.63, 3.8) is 0 Å². The summed E-state index contributed by atoms with van der Waals surface area (Å²) in [5.74, 6) is 0. The fourth-order valence-corrected chi connectivity index (χ4v) is 2.40. The van der Waals surface area contributed by atoms with Gasteiger partial charge < -0.3 is 0 Å². The van der Waals surface area contributed by atoms with E-state index < -0.39 is 11.7 Å². The first-order valence-corrected chi connectivity index (χ1v) is 6.66. The largest absolute Gasteiger partial charge is 0.416 e. The molecule has 0 amide bonds. The number of benzene rings is 3. The van der Waals surface area contributed by atoms with Gasteiger partial charge in [0.15, 0.2) is 0 Å². The topological polar surface area (TPSA) is 0 Å². The minimum atomic E-state index is -4.28. The molecular weight excluding hydrogens is 273 g/mol. The van der Waals surface area contributed by atoms with E-state index in [1.54, 1.807) is 0 Å². The van der Waals surface area contributed by atoms with Gasteiger partial charge in [0.05, 0.1) is 5.56 Å². The summed E-state index contributed by atoms with van der Waals surface area (Å²) in [6, 6.07) is 19.5. The molecule has 0 unspecified atom stereocenters. The maximum atomic E-state index is 12.5. The number of halogens is 3. The maximum Gasteiger partial charge on any atom is 0.416 e. The lowest BCUT2D eigenvalue weighted by Crippen LogP contribution is -2.04. The lowest BCUT2D eigenvalue weighted by molar-refractivity contribution is -0.137.